The lowest BCUT2D eigenvalue weighted by Crippen LogP contribution is -2.51. The quantitative estimate of drug-likeness (QED) is 0.240. The smallest absolute Gasteiger partial charge is 0.191 e. The lowest BCUT2D eigenvalue weighted by molar-refractivity contribution is -0.0318. The van der Waals surface area contributed by atoms with E-state index in [9.17, 15) is 0 Å². The summed E-state index contributed by atoms with van der Waals surface area (Å²) in [5.41, 5.74) is 1.31. The van der Waals surface area contributed by atoms with Crippen LogP contribution in [0.5, 0.6) is 0 Å². The molecule has 0 amide bonds. The molecule has 1 aromatic carbocycles. The van der Waals surface area contributed by atoms with Crippen molar-refractivity contribution in [2.75, 3.05) is 50.9 Å². The van der Waals surface area contributed by atoms with E-state index in [0.717, 1.165) is 71.2 Å². The van der Waals surface area contributed by atoms with Gasteiger partial charge in [-0.2, -0.15) is 0 Å². The number of hydrogen-bond acceptors (Lipinski definition) is 4. The fourth-order valence-electron chi connectivity index (χ4n) is 3.83. The highest BCUT2D eigenvalue weighted by Crippen LogP contribution is 2.19. The Balaban J connectivity index is 0.00000300. The van der Waals surface area contributed by atoms with Gasteiger partial charge in [0.2, 0.25) is 0 Å². The second kappa shape index (κ2) is 14.0. The van der Waals surface area contributed by atoms with Crippen molar-refractivity contribution in [3.8, 4) is 0 Å². The molecule has 2 saturated heterocycles. The zero-order valence-electron chi connectivity index (χ0n) is 17.6. The van der Waals surface area contributed by atoms with Crippen molar-refractivity contribution in [2.24, 2.45) is 4.99 Å². The van der Waals surface area contributed by atoms with Gasteiger partial charge in [-0.3, -0.25) is 4.99 Å². The van der Waals surface area contributed by atoms with Crippen LogP contribution in [0.15, 0.2) is 35.3 Å². The molecule has 0 saturated carbocycles. The van der Waals surface area contributed by atoms with Crippen LogP contribution in [0.3, 0.4) is 0 Å². The molecule has 2 fully saturated rings. The van der Waals surface area contributed by atoms with Crippen LogP contribution in [-0.2, 0) is 9.47 Å². The Morgan fingerprint density at radius 2 is 2.00 bits per heavy atom. The minimum Gasteiger partial charge on any atom is -0.381 e. The molecule has 0 aliphatic carbocycles. The second-order valence-electron chi connectivity index (χ2n) is 7.56. The van der Waals surface area contributed by atoms with Gasteiger partial charge in [0.05, 0.1) is 6.10 Å². The molecular weight excluding hydrogens is 479 g/mol. The Morgan fingerprint density at radius 1 is 1.21 bits per heavy atom. The van der Waals surface area contributed by atoms with E-state index in [2.05, 4.69) is 52.8 Å². The summed E-state index contributed by atoms with van der Waals surface area (Å²) in [4.78, 5) is 7.22. The van der Waals surface area contributed by atoms with Crippen molar-refractivity contribution in [1.29, 1.82) is 0 Å². The standard InChI is InChI=1S/C22H36N4O2.HI/c1-2-23-22(24-13-7-15-28-21-11-16-27-17-12-21)25-19-8-6-14-26(18-19)20-9-4-3-5-10-20;/h3-5,9-10,19,21H,2,6-8,11-18H2,1H3,(H2,23,24,25);1H. The van der Waals surface area contributed by atoms with Gasteiger partial charge >= 0.3 is 0 Å². The fourth-order valence-corrected chi connectivity index (χ4v) is 3.83. The van der Waals surface area contributed by atoms with E-state index in [-0.39, 0.29) is 24.0 Å². The summed E-state index contributed by atoms with van der Waals surface area (Å²) in [7, 11) is 0. The maximum absolute atomic E-state index is 5.94. The van der Waals surface area contributed by atoms with E-state index in [4.69, 9.17) is 14.5 Å². The monoisotopic (exact) mass is 516 g/mol. The number of rotatable bonds is 8. The number of nitrogens with one attached hydrogen (secondary N) is 2. The first-order valence-corrected chi connectivity index (χ1v) is 10.9. The summed E-state index contributed by atoms with van der Waals surface area (Å²) in [5, 5.41) is 7.02. The molecule has 3 rings (SSSR count). The highest BCUT2D eigenvalue weighted by atomic mass is 127. The number of piperidine rings is 1. The molecule has 2 aliphatic heterocycles. The number of benzene rings is 1. The Morgan fingerprint density at radius 3 is 2.76 bits per heavy atom. The summed E-state index contributed by atoms with van der Waals surface area (Å²) in [6, 6.07) is 11.1. The topological polar surface area (TPSA) is 58.1 Å². The molecule has 2 N–H and O–H groups in total. The average molecular weight is 516 g/mol. The predicted molar refractivity (Wildman–Crippen MR) is 131 cm³/mol. The van der Waals surface area contributed by atoms with Gasteiger partial charge in [-0.1, -0.05) is 18.2 Å². The third-order valence-corrected chi connectivity index (χ3v) is 5.32. The van der Waals surface area contributed by atoms with Crippen LogP contribution in [0.1, 0.15) is 39.0 Å². The molecule has 6 nitrogen and oxygen atoms in total. The van der Waals surface area contributed by atoms with Gasteiger partial charge in [-0.05, 0) is 51.2 Å². The summed E-state index contributed by atoms with van der Waals surface area (Å²) < 4.78 is 11.3. The van der Waals surface area contributed by atoms with Gasteiger partial charge in [0.1, 0.15) is 0 Å². The van der Waals surface area contributed by atoms with Crippen molar-refractivity contribution < 1.29 is 9.47 Å². The van der Waals surface area contributed by atoms with Crippen molar-refractivity contribution in [1.82, 2.24) is 10.6 Å². The third kappa shape index (κ3) is 8.68. The van der Waals surface area contributed by atoms with Crippen molar-refractivity contribution >= 4 is 35.6 Å². The second-order valence-corrected chi connectivity index (χ2v) is 7.56. The molecule has 1 atom stereocenters. The van der Waals surface area contributed by atoms with Gasteiger partial charge in [-0.25, -0.2) is 0 Å². The Hall–Kier alpha value is -1.06. The number of nitrogens with zero attached hydrogens (tertiary/aromatic N) is 2. The zero-order valence-corrected chi connectivity index (χ0v) is 20.0. The molecule has 1 unspecified atom stereocenters. The van der Waals surface area contributed by atoms with E-state index < -0.39 is 0 Å². The van der Waals surface area contributed by atoms with Crippen LogP contribution >= 0.6 is 24.0 Å². The highest BCUT2D eigenvalue weighted by Gasteiger charge is 2.21. The highest BCUT2D eigenvalue weighted by molar-refractivity contribution is 14.0. The summed E-state index contributed by atoms with van der Waals surface area (Å²) >= 11 is 0. The molecule has 164 valence electrons. The van der Waals surface area contributed by atoms with Crippen molar-refractivity contribution in [3.63, 3.8) is 0 Å². The summed E-state index contributed by atoms with van der Waals surface area (Å²) in [6.45, 7) is 8.35. The van der Waals surface area contributed by atoms with E-state index in [1.807, 2.05) is 0 Å². The van der Waals surface area contributed by atoms with E-state index in [1.54, 1.807) is 0 Å². The Bertz CT molecular complexity index is 581. The molecule has 0 spiro atoms. The zero-order chi connectivity index (χ0) is 19.4. The number of anilines is 1. The molecule has 0 radical (unpaired) electrons. The maximum Gasteiger partial charge on any atom is 0.191 e. The lowest BCUT2D eigenvalue weighted by atomic mass is 10.1. The van der Waals surface area contributed by atoms with Crippen LogP contribution in [0.25, 0.3) is 0 Å². The van der Waals surface area contributed by atoms with E-state index in [0.29, 0.717) is 12.1 Å². The molecule has 29 heavy (non-hydrogen) atoms. The largest absolute Gasteiger partial charge is 0.381 e. The van der Waals surface area contributed by atoms with E-state index in [1.165, 1.54) is 18.5 Å². The molecule has 7 heteroatoms. The molecule has 0 bridgehead atoms. The number of guanidine groups is 1. The average Bonchev–Trinajstić information content (AvgIpc) is 2.75. The first-order chi connectivity index (χ1) is 13.8. The Kier molecular flexibility index (Phi) is 11.7. The lowest BCUT2D eigenvalue weighted by Gasteiger charge is -2.35. The van der Waals surface area contributed by atoms with Gasteiger partial charge < -0.3 is 25.0 Å². The number of para-hydroxylation sites is 1. The predicted octanol–water partition coefficient (Wildman–Crippen LogP) is 3.41. The number of ether oxygens (including phenoxy) is 2. The number of hydrogen-bond donors (Lipinski definition) is 2. The number of aliphatic imine (C=N–C) groups is 1. The fraction of sp³-hybridized carbons (Fsp3) is 0.682. The number of halogens is 1. The minimum atomic E-state index is 0. The van der Waals surface area contributed by atoms with Crippen LogP contribution < -0.4 is 15.5 Å². The normalized spacial score (nSPS) is 20.8. The minimum absolute atomic E-state index is 0. The Labute approximate surface area is 192 Å². The first-order valence-electron chi connectivity index (χ1n) is 10.9. The maximum atomic E-state index is 5.94. The van der Waals surface area contributed by atoms with E-state index >= 15 is 0 Å². The van der Waals surface area contributed by atoms with Gasteiger partial charge in [0.15, 0.2) is 5.96 Å². The van der Waals surface area contributed by atoms with Crippen LogP contribution in [-0.4, -0.2) is 64.1 Å². The molecule has 0 aromatic heterocycles. The SMILES string of the molecule is CCNC(=NCCCOC1CCOCC1)NC1CCCN(c2ccccc2)C1.I. The third-order valence-electron chi connectivity index (χ3n) is 5.32. The molecule has 2 aliphatic rings. The van der Waals surface area contributed by atoms with Crippen LogP contribution in [0, 0.1) is 0 Å². The molecule has 2 heterocycles. The van der Waals surface area contributed by atoms with Crippen molar-refractivity contribution in [3.05, 3.63) is 30.3 Å². The van der Waals surface area contributed by atoms with Crippen LogP contribution in [0.2, 0.25) is 0 Å². The van der Waals surface area contributed by atoms with Gasteiger partial charge in [0, 0.05) is 57.7 Å². The molecular formula is C22H37IN4O2. The summed E-state index contributed by atoms with van der Waals surface area (Å²) in [6.07, 6.45) is 5.75. The van der Waals surface area contributed by atoms with Gasteiger partial charge in [0.25, 0.3) is 0 Å². The van der Waals surface area contributed by atoms with Gasteiger partial charge in [-0.15, -0.1) is 24.0 Å². The molecule has 1 aromatic rings. The first kappa shape index (κ1) is 24.2. The van der Waals surface area contributed by atoms with Crippen molar-refractivity contribution in [2.45, 2.75) is 51.2 Å². The summed E-state index contributed by atoms with van der Waals surface area (Å²) in [5.74, 6) is 0.925. The van der Waals surface area contributed by atoms with Crippen LogP contribution in [0.4, 0.5) is 5.69 Å².